The number of benzene rings is 1. The van der Waals surface area contributed by atoms with Crippen LogP contribution in [0.15, 0.2) is 51.6 Å². The number of aromatic nitrogens is 1. The summed E-state index contributed by atoms with van der Waals surface area (Å²) in [5.41, 5.74) is 9.18. The number of hydrogen-bond acceptors (Lipinski definition) is 5. The summed E-state index contributed by atoms with van der Waals surface area (Å²) in [6, 6.07) is 11.6. The zero-order valence-electron chi connectivity index (χ0n) is 11.7. The molecule has 0 aliphatic heterocycles. The zero-order chi connectivity index (χ0) is 14.7. The number of ether oxygens (including phenoxy) is 1. The van der Waals surface area contributed by atoms with E-state index in [1.807, 2.05) is 43.3 Å². The van der Waals surface area contributed by atoms with Gasteiger partial charge in [0.25, 0.3) is 0 Å². The second-order valence-electron chi connectivity index (χ2n) is 4.78. The normalized spacial score (nSPS) is 10.9. The van der Waals surface area contributed by atoms with E-state index < -0.39 is 0 Å². The lowest BCUT2D eigenvalue weighted by Crippen LogP contribution is -1.93. The summed E-state index contributed by atoms with van der Waals surface area (Å²) >= 11 is 0. The first-order chi connectivity index (χ1) is 10.2. The van der Waals surface area contributed by atoms with Crippen LogP contribution in [-0.2, 0) is 18.0 Å². The van der Waals surface area contributed by atoms with Gasteiger partial charge in [0.2, 0.25) is 0 Å². The molecule has 0 bridgehead atoms. The Morgan fingerprint density at radius 1 is 1.14 bits per heavy atom. The van der Waals surface area contributed by atoms with Crippen molar-refractivity contribution in [1.82, 2.24) is 5.16 Å². The standard InChI is InChI=1S/C16H16N2O3/c1-11-15(17)16(21-18-11)13-6-4-12(5-7-13)9-19-10-14-3-2-8-20-14/h2-8H,9-10,17H2,1H3. The van der Waals surface area contributed by atoms with Gasteiger partial charge in [-0.1, -0.05) is 29.4 Å². The molecule has 0 amide bonds. The van der Waals surface area contributed by atoms with E-state index in [4.69, 9.17) is 19.4 Å². The van der Waals surface area contributed by atoms with E-state index in [2.05, 4.69) is 5.16 Å². The number of rotatable bonds is 5. The summed E-state index contributed by atoms with van der Waals surface area (Å²) in [7, 11) is 0. The molecule has 2 aromatic heterocycles. The molecule has 0 fully saturated rings. The molecule has 2 N–H and O–H groups in total. The first-order valence-electron chi connectivity index (χ1n) is 6.65. The average Bonchev–Trinajstić information content (AvgIpc) is 3.12. The monoisotopic (exact) mass is 284 g/mol. The van der Waals surface area contributed by atoms with Crippen molar-refractivity contribution < 1.29 is 13.7 Å². The molecule has 0 aliphatic carbocycles. The van der Waals surface area contributed by atoms with E-state index in [9.17, 15) is 0 Å². The number of nitrogen functional groups attached to an aromatic ring is 1. The molecule has 0 spiro atoms. The molecule has 21 heavy (non-hydrogen) atoms. The Morgan fingerprint density at radius 3 is 2.57 bits per heavy atom. The maximum absolute atomic E-state index is 5.92. The van der Waals surface area contributed by atoms with Gasteiger partial charge in [-0.2, -0.15) is 0 Å². The fourth-order valence-corrected chi connectivity index (χ4v) is 2.00. The Kier molecular flexibility index (Phi) is 3.75. The van der Waals surface area contributed by atoms with Crippen LogP contribution in [0.4, 0.5) is 5.69 Å². The van der Waals surface area contributed by atoms with Crippen LogP contribution in [0.1, 0.15) is 17.0 Å². The van der Waals surface area contributed by atoms with Crippen molar-refractivity contribution in [2.24, 2.45) is 0 Å². The van der Waals surface area contributed by atoms with Crippen molar-refractivity contribution >= 4 is 5.69 Å². The van der Waals surface area contributed by atoms with Crippen LogP contribution >= 0.6 is 0 Å². The summed E-state index contributed by atoms with van der Waals surface area (Å²) in [5.74, 6) is 1.42. The number of nitrogens with zero attached hydrogens (tertiary/aromatic N) is 1. The first-order valence-corrected chi connectivity index (χ1v) is 6.65. The Morgan fingerprint density at radius 2 is 1.95 bits per heavy atom. The van der Waals surface area contributed by atoms with Crippen molar-refractivity contribution in [2.45, 2.75) is 20.1 Å². The minimum absolute atomic E-state index is 0.461. The van der Waals surface area contributed by atoms with E-state index in [0.717, 1.165) is 16.9 Å². The van der Waals surface area contributed by atoms with E-state index >= 15 is 0 Å². The molecule has 5 nitrogen and oxygen atoms in total. The van der Waals surface area contributed by atoms with Crippen LogP contribution in [-0.4, -0.2) is 5.16 Å². The maximum Gasteiger partial charge on any atom is 0.189 e. The van der Waals surface area contributed by atoms with Crippen molar-refractivity contribution in [1.29, 1.82) is 0 Å². The number of nitrogens with two attached hydrogens (primary N) is 1. The number of anilines is 1. The third kappa shape index (κ3) is 2.98. The van der Waals surface area contributed by atoms with Crippen molar-refractivity contribution in [2.75, 3.05) is 5.73 Å². The average molecular weight is 284 g/mol. The predicted molar refractivity (Wildman–Crippen MR) is 78.3 cm³/mol. The van der Waals surface area contributed by atoms with Gasteiger partial charge in [0.15, 0.2) is 5.76 Å². The molecule has 0 saturated heterocycles. The minimum Gasteiger partial charge on any atom is -0.467 e. The molecule has 5 heteroatoms. The fourth-order valence-electron chi connectivity index (χ4n) is 2.00. The highest BCUT2D eigenvalue weighted by molar-refractivity contribution is 5.72. The topological polar surface area (TPSA) is 74.4 Å². The highest BCUT2D eigenvalue weighted by atomic mass is 16.5. The summed E-state index contributed by atoms with van der Waals surface area (Å²) in [5, 5.41) is 3.86. The highest BCUT2D eigenvalue weighted by Gasteiger charge is 2.11. The van der Waals surface area contributed by atoms with Gasteiger partial charge in [0, 0.05) is 5.56 Å². The predicted octanol–water partition coefficient (Wildman–Crippen LogP) is 3.54. The molecule has 0 radical (unpaired) electrons. The largest absolute Gasteiger partial charge is 0.467 e. The van der Waals surface area contributed by atoms with Crippen LogP contribution in [0.3, 0.4) is 0 Å². The molecule has 0 unspecified atom stereocenters. The van der Waals surface area contributed by atoms with Crippen LogP contribution in [0.5, 0.6) is 0 Å². The number of aryl methyl sites for hydroxylation is 1. The van der Waals surface area contributed by atoms with Gasteiger partial charge in [0.1, 0.15) is 23.7 Å². The lowest BCUT2D eigenvalue weighted by molar-refractivity contribution is 0.0929. The maximum atomic E-state index is 5.92. The van der Waals surface area contributed by atoms with E-state index in [0.29, 0.717) is 30.4 Å². The lowest BCUT2D eigenvalue weighted by Gasteiger charge is -2.04. The number of furan rings is 1. The summed E-state index contributed by atoms with van der Waals surface area (Å²) in [6.45, 7) is 2.80. The zero-order valence-corrected chi connectivity index (χ0v) is 11.7. The van der Waals surface area contributed by atoms with Crippen LogP contribution in [0, 0.1) is 6.92 Å². The molecule has 3 aromatic rings. The van der Waals surface area contributed by atoms with Gasteiger partial charge in [-0.15, -0.1) is 0 Å². The molecule has 0 atom stereocenters. The number of hydrogen-bond donors (Lipinski definition) is 1. The molecule has 108 valence electrons. The molecular weight excluding hydrogens is 268 g/mol. The third-order valence-corrected chi connectivity index (χ3v) is 3.22. The molecule has 0 saturated carbocycles. The quantitative estimate of drug-likeness (QED) is 0.775. The summed E-state index contributed by atoms with van der Waals surface area (Å²) in [6.07, 6.45) is 1.64. The van der Waals surface area contributed by atoms with E-state index in [1.165, 1.54) is 0 Å². The van der Waals surface area contributed by atoms with E-state index in [-0.39, 0.29) is 0 Å². The second-order valence-corrected chi connectivity index (χ2v) is 4.78. The lowest BCUT2D eigenvalue weighted by atomic mass is 10.1. The minimum atomic E-state index is 0.461. The SMILES string of the molecule is Cc1noc(-c2ccc(COCc3ccco3)cc2)c1N. The van der Waals surface area contributed by atoms with Gasteiger partial charge in [-0.05, 0) is 24.6 Å². The second kappa shape index (κ2) is 5.85. The Bertz CT molecular complexity index is 700. The van der Waals surface area contributed by atoms with Crippen molar-refractivity contribution in [3.63, 3.8) is 0 Å². The molecule has 1 aromatic carbocycles. The van der Waals surface area contributed by atoms with Gasteiger partial charge in [-0.25, -0.2) is 0 Å². The van der Waals surface area contributed by atoms with Crippen LogP contribution in [0.2, 0.25) is 0 Å². The third-order valence-electron chi connectivity index (χ3n) is 3.22. The molecule has 2 heterocycles. The van der Waals surface area contributed by atoms with Gasteiger partial charge >= 0.3 is 0 Å². The van der Waals surface area contributed by atoms with Gasteiger partial charge in [0.05, 0.1) is 12.9 Å². The van der Waals surface area contributed by atoms with Gasteiger partial charge in [-0.3, -0.25) is 0 Å². The fraction of sp³-hybridized carbons (Fsp3) is 0.188. The van der Waals surface area contributed by atoms with Crippen molar-refractivity contribution in [3.8, 4) is 11.3 Å². The molecule has 0 aliphatic rings. The van der Waals surface area contributed by atoms with Crippen molar-refractivity contribution in [3.05, 3.63) is 59.7 Å². The highest BCUT2D eigenvalue weighted by Crippen LogP contribution is 2.28. The molecular formula is C16H16N2O3. The molecule has 3 rings (SSSR count). The first kappa shape index (κ1) is 13.5. The Labute approximate surface area is 122 Å². The van der Waals surface area contributed by atoms with E-state index in [1.54, 1.807) is 6.26 Å². The smallest absolute Gasteiger partial charge is 0.189 e. The van der Waals surface area contributed by atoms with Gasteiger partial charge < -0.3 is 19.4 Å². The summed E-state index contributed by atoms with van der Waals surface area (Å²) in [4.78, 5) is 0. The van der Waals surface area contributed by atoms with Crippen LogP contribution in [0.25, 0.3) is 11.3 Å². The Balaban J connectivity index is 1.63. The van der Waals surface area contributed by atoms with Crippen LogP contribution < -0.4 is 5.73 Å². The Hall–Kier alpha value is -2.53. The summed E-state index contributed by atoms with van der Waals surface area (Å²) < 4.78 is 16.0.